The highest BCUT2D eigenvalue weighted by Crippen LogP contribution is 2.25. The average Bonchev–Trinajstić information content (AvgIpc) is 3.03. The van der Waals surface area contributed by atoms with Crippen LogP contribution < -0.4 is 32.7 Å². The molecule has 312 valence electrons. The summed E-state index contributed by atoms with van der Waals surface area (Å²) in [4.78, 5) is 77.7. The zero-order valence-electron chi connectivity index (χ0n) is 35.1. The SMILES string of the molecule is CSC(C)(C)[C@H](N)C(=O)N[C@@H](Cc1ccc(C(C)(C)C)cc1)C(=O)N[C@@H](CCC(=O)OC(C)(C)C)CC(=O)N[C@H](CCCCNC(=O)OC(C)(C)C)C(N)=O. The smallest absolute Gasteiger partial charge is 0.407 e. The van der Waals surface area contributed by atoms with Gasteiger partial charge in [-0.05, 0) is 104 Å². The molecule has 4 atom stereocenters. The van der Waals surface area contributed by atoms with Crippen LogP contribution in [0.5, 0.6) is 0 Å². The number of rotatable bonds is 20. The van der Waals surface area contributed by atoms with E-state index in [-0.39, 0.29) is 37.5 Å². The molecule has 0 aliphatic rings. The Hall–Kier alpha value is -3.85. The highest BCUT2D eigenvalue weighted by atomic mass is 32.2. The average molecular weight is 793 g/mol. The Bertz CT molecular complexity index is 1450. The minimum atomic E-state index is -1.07. The van der Waals surface area contributed by atoms with Crippen LogP contribution >= 0.6 is 11.8 Å². The Morgan fingerprint density at radius 3 is 1.84 bits per heavy atom. The predicted octanol–water partition coefficient (Wildman–Crippen LogP) is 4.14. The lowest BCUT2D eigenvalue weighted by Gasteiger charge is -2.30. The Balaban J connectivity index is 3.22. The van der Waals surface area contributed by atoms with Crippen LogP contribution in [0.4, 0.5) is 4.79 Å². The van der Waals surface area contributed by atoms with E-state index in [1.54, 1.807) is 41.5 Å². The number of hydrogen-bond donors (Lipinski definition) is 6. The summed E-state index contributed by atoms with van der Waals surface area (Å²) >= 11 is 1.42. The molecule has 55 heavy (non-hydrogen) atoms. The number of hydrogen-bond acceptors (Lipinski definition) is 10. The summed E-state index contributed by atoms with van der Waals surface area (Å²) in [6.07, 6.45) is 2.21. The van der Waals surface area contributed by atoms with Crippen molar-refractivity contribution in [3.05, 3.63) is 35.4 Å². The molecule has 0 aromatic heterocycles. The Kier molecular flexibility index (Phi) is 19.2. The zero-order chi connectivity index (χ0) is 42.4. The minimum absolute atomic E-state index is 0.0333. The van der Waals surface area contributed by atoms with E-state index in [0.29, 0.717) is 19.4 Å². The van der Waals surface area contributed by atoms with E-state index < -0.39 is 75.8 Å². The monoisotopic (exact) mass is 792 g/mol. The van der Waals surface area contributed by atoms with Gasteiger partial charge in [-0.15, -0.1) is 0 Å². The minimum Gasteiger partial charge on any atom is -0.460 e. The van der Waals surface area contributed by atoms with Gasteiger partial charge in [0.1, 0.15) is 23.3 Å². The van der Waals surface area contributed by atoms with Crippen molar-refractivity contribution in [3.8, 4) is 0 Å². The van der Waals surface area contributed by atoms with Gasteiger partial charge < -0.3 is 42.2 Å². The first kappa shape index (κ1) is 49.2. The van der Waals surface area contributed by atoms with Crippen molar-refractivity contribution >= 4 is 47.5 Å². The molecule has 1 aromatic carbocycles. The zero-order valence-corrected chi connectivity index (χ0v) is 35.9. The molecule has 1 aromatic rings. The summed E-state index contributed by atoms with van der Waals surface area (Å²) in [7, 11) is 0. The number of nitrogens with one attached hydrogen (secondary N) is 4. The number of benzene rings is 1. The van der Waals surface area contributed by atoms with Crippen molar-refractivity contribution in [1.82, 2.24) is 21.3 Å². The molecule has 0 aliphatic heterocycles. The number of esters is 1. The van der Waals surface area contributed by atoms with E-state index in [9.17, 15) is 28.8 Å². The molecule has 5 amide bonds. The second-order valence-electron chi connectivity index (χ2n) is 17.5. The van der Waals surface area contributed by atoms with Crippen LogP contribution in [0.15, 0.2) is 24.3 Å². The number of primary amides is 1. The molecule has 14 nitrogen and oxygen atoms in total. The molecule has 0 aliphatic carbocycles. The van der Waals surface area contributed by atoms with Crippen LogP contribution in [0.3, 0.4) is 0 Å². The van der Waals surface area contributed by atoms with Crippen molar-refractivity contribution in [3.63, 3.8) is 0 Å². The molecular weight excluding hydrogens is 725 g/mol. The van der Waals surface area contributed by atoms with Crippen molar-refractivity contribution in [2.24, 2.45) is 11.5 Å². The van der Waals surface area contributed by atoms with Crippen LogP contribution in [-0.2, 0) is 45.3 Å². The van der Waals surface area contributed by atoms with E-state index >= 15 is 0 Å². The molecule has 0 unspecified atom stereocenters. The lowest BCUT2D eigenvalue weighted by Crippen LogP contribution is -2.58. The molecule has 0 fully saturated rings. The van der Waals surface area contributed by atoms with Gasteiger partial charge in [0, 0.05) is 36.6 Å². The lowest BCUT2D eigenvalue weighted by atomic mass is 9.86. The van der Waals surface area contributed by atoms with Crippen molar-refractivity contribution in [2.45, 2.75) is 167 Å². The van der Waals surface area contributed by atoms with E-state index in [1.165, 1.54) is 11.8 Å². The van der Waals surface area contributed by atoms with Gasteiger partial charge in [0.25, 0.3) is 0 Å². The van der Waals surface area contributed by atoms with Crippen LogP contribution in [-0.4, -0.2) is 88.6 Å². The third-order valence-electron chi connectivity index (χ3n) is 8.61. The van der Waals surface area contributed by atoms with Gasteiger partial charge in [-0.2, -0.15) is 11.8 Å². The number of amides is 5. The molecule has 0 spiro atoms. The molecule has 15 heteroatoms. The Morgan fingerprint density at radius 2 is 1.33 bits per heavy atom. The predicted molar refractivity (Wildman–Crippen MR) is 217 cm³/mol. The second-order valence-corrected chi connectivity index (χ2v) is 18.9. The maximum absolute atomic E-state index is 14.0. The maximum atomic E-state index is 14.0. The number of ether oxygens (including phenoxy) is 2. The van der Waals surface area contributed by atoms with Gasteiger partial charge >= 0.3 is 12.1 Å². The fraction of sp³-hybridized carbons (Fsp3) is 0.700. The lowest BCUT2D eigenvalue weighted by molar-refractivity contribution is -0.155. The number of carbonyl (C=O) groups is 6. The largest absolute Gasteiger partial charge is 0.460 e. The quantitative estimate of drug-likeness (QED) is 0.0819. The van der Waals surface area contributed by atoms with Gasteiger partial charge in [0.05, 0.1) is 6.04 Å². The third-order valence-corrected chi connectivity index (χ3v) is 9.92. The van der Waals surface area contributed by atoms with E-state index in [4.69, 9.17) is 20.9 Å². The first-order valence-corrected chi connectivity index (χ1v) is 20.1. The summed E-state index contributed by atoms with van der Waals surface area (Å²) < 4.78 is 10.1. The fourth-order valence-corrected chi connectivity index (χ4v) is 5.60. The molecular formula is C40H68N6O8S. The van der Waals surface area contributed by atoms with Gasteiger partial charge in [-0.25, -0.2) is 4.79 Å². The molecule has 0 radical (unpaired) electrons. The summed E-state index contributed by atoms with van der Waals surface area (Å²) in [6.45, 7) is 20.7. The fourth-order valence-electron chi connectivity index (χ4n) is 5.24. The van der Waals surface area contributed by atoms with Gasteiger partial charge in [-0.1, -0.05) is 45.0 Å². The summed E-state index contributed by atoms with van der Waals surface area (Å²) in [5, 5.41) is 11.0. The van der Waals surface area contributed by atoms with Gasteiger partial charge in [0.15, 0.2) is 0 Å². The van der Waals surface area contributed by atoms with Crippen LogP contribution in [0.2, 0.25) is 0 Å². The van der Waals surface area contributed by atoms with E-state index in [1.807, 2.05) is 44.4 Å². The van der Waals surface area contributed by atoms with Crippen LogP contribution in [0, 0.1) is 0 Å². The third kappa shape index (κ3) is 20.1. The highest BCUT2D eigenvalue weighted by Gasteiger charge is 2.34. The number of nitrogens with two attached hydrogens (primary N) is 2. The van der Waals surface area contributed by atoms with Crippen molar-refractivity contribution in [2.75, 3.05) is 12.8 Å². The number of alkyl carbamates (subject to hydrolysis) is 1. The summed E-state index contributed by atoms with van der Waals surface area (Å²) in [5.74, 6) is -2.93. The molecule has 0 saturated carbocycles. The first-order valence-electron chi connectivity index (χ1n) is 18.9. The second kappa shape index (κ2) is 21.5. The number of thioether (sulfide) groups is 1. The Morgan fingerprint density at radius 1 is 0.745 bits per heavy atom. The first-order chi connectivity index (χ1) is 25.1. The van der Waals surface area contributed by atoms with Gasteiger partial charge in [0.2, 0.25) is 23.6 Å². The molecule has 1 rings (SSSR count). The molecule has 8 N–H and O–H groups in total. The maximum Gasteiger partial charge on any atom is 0.407 e. The van der Waals surface area contributed by atoms with Crippen LogP contribution in [0.25, 0.3) is 0 Å². The summed E-state index contributed by atoms with van der Waals surface area (Å²) in [6, 6.07) is 3.87. The summed E-state index contributed by atoms with van der Waals surface area (Å²) in [5.41, 5.74) is 12.4. The van der Waals surface area contributed by atoms with Gasteiger partial charge in [-0.3, -0.25) is 24.0 Å². The van der Waals surface area contributed by atoms with E-state index in [2.05, 4.69) is 42.0 Å². The van der Waals surface area contributed by atoms with E-state index in [0.717, 1.165) is 11.1 Å². The van der Waals surface area contributed by atoms with Crippen molar-refractivity contribution < 1.29 is 38.2 Å². The highest BCUT2D eigenvalue weighted by molar-refractivity contribution is 8.00. The molecule has 0 bridgehead atoms. The van der Waals surface area contributed by atoms with Crippen molar-refractivity contribution in [1.29, 1.82) is 0 Å². The molecule has 0 saturated heterocycles. The normalized spacial score (nSPS) is 14.4. The van der Waals surface area contributed by atoms with Crippen LogP contribution in [0.1, 0.15) is 126 Å². The number of unbranched alkanes of at least 4 members (excludes halogenated alkanes) is 1. The standard InChI is InChI=1S/C40H68N6O8S/c1-37(2,3)26-18-16-25(17-19-26)23-29(46-35(51)32(41)40(10,11)55-12)34(50)44-27(20-21-31(48)53-38(4,5)6)24-30(47)45-28(33(42)49)15-13-14-22-43-36(52)54-39(7,8)9/h16-19,27-29,32H,13-15,20-24,41H2,1-12H3,(H2,42,49)(H,43,52)(H,44,50)(H,45,47)(H,46,51)/t27-,28+,29-,32+/m0/s1. The number of carbonyl (C=O) groups excluding carboxylic acids is 6. The molecule has 0 heterocycles. The topological polar surface area (TPSA) is 221 Å². The Labute approximate surface area is 332 Å².